The quantitative estimate of drug-likeness (QED) is 0.272. The van der Waals surface area contributed by atoms with Gasteiger partial charge in [-0.1, -0.05) is 19.1 Å². The van der Waals surface area contributed by atoms with E-state index in [4.69, 9.17) is 0 Å². The lowest BCUT2D eigenvalue weighted by Gasteiger charge is -2.21. The first kappa shape index (κ1) is 27.0. The lowest BCUT2D eigenvalue weighted by molar-refractivity contribution is -0.118. The van der Waals surface area contributed by atoms with Crippen LogP contribution in [0.3, 0.4) is 0 Å². The normalized spacial score (nSPS) is 17.0. The van der Waals surface area contributed by atoms with Gasteiger partial charge in [-0.15, -0.1) is 11.3 Å². The van der Waals surface area contributed by atoms with E-state index in [2.05, 4.69) is 60.8 Å². The second-order valence-corrected chi connectivity index (χ2v) is 11.6. The van der Waals surface area contributed by atoms with Gasteiger partial charge in [0.1, 0.15) is 18.0 Å². The Morgan fingerprint density at radius 1 is 1.02 bits per heavy atom. The first-order valence-corrected chi connectivity index (χ1v) is 14.6. The number of carbonyl (C=O) groups is 1. The molecule has 2 aromatic heterocycles. The molecule has 1 atom stereocenters. The van der Waals surface area contributed by atoms with E-state index in [-0.39, 0.29) is 18.4 Å². The Hall–Kier alpha value is -4.18. The van der Waals surface area contributed by atoms with Gasteiger partial charge in [0.05, 0.1) is 17.6 Å². The van der Waals surface area contributed by atoms with Gasteiger partial charge < -0.3 is 15.5 Å². The van der Waals surface area contributed by atoms with Crippen molar-refractivity contribution < 1.29 is 13.6 Å². The molecule has 1 amide bonds. The van der Waals surface area contributed by atoms with Crippen molar-refractivity contribution >= 4 is 40.2 Å². The summed E-state index contributed by atoms with van der Waals surface area (Å²) in [7, 11) is 0. The zero-order valence-electron chi connectivity index (χ0n) is 22.7. The molecule has 0 bridgehead atoms. The Kier molecular flexibility index (Phi) is 7.74. The number of nitrogens with zero attached hydrogens (tertiary/aromatic N) is 4. The molecule has 7 nitrogen and oxygen atoms in total. The Bertz CT molecular complexity index is 1660. The van der Waals surface area contributed by atoms with Crippen LogP contribution < -0.4 is 15.5 Å². The average molecular weight is 573 g/mol. The van der Waals surface area contributed by atoms with Crippen LogP contribution >= 0.6 is 11.3 Å². The molecule has 1 saturated heterocycles. The van der Waals surface area contributed by atoms with E-state index in [0.717, 1.165) is 57.3 Å². The number of anilines is 1. The predicted octanol–water partition coefficient (Wildman–Crippen LogP) is 5.96. The summed E-state index contributed by atoms with van der Waals surface area (Å²) in [6, 6.07) is 14.1. The zero-order valence-corrected chi connectivity index (χ0v) is 23.5. The maximum absolute atomic E-state index is 13.6. The molecule has 10 heteroatoms. The van der Waals surface area contributed by atoms with E-state index < -0.39 is 11.6 Å². The minimum absolute atomic E-state index is 0.0385. The first-order chi connectivity index (χ1) is 20.0. The first-order valence-electron chi connectivity index (χ1n) is 13.8. The van der Waals surface area contributed by atoms with Gasteiger partial charge in [0, 0.05) is 41.0 Å². The number of hydrogen-bond acceptors (Lipinski definition) is 7. The van der Waals surface area contributed by atoms with Crippen LogP contribution in [0.15, 0.2) is 71.2 Å². The SMILES string of the molecule is CC1CC=NC(NCc2ccc(-c3ccc4ncnc(N5CCCC5)c4c3)s2)=C1C(=O)NCc1ccc(F)c(F)c1. The number of hydrogen-bond donors (Lipinski definition) is 2. The molecule has 2 aliphatic rings. The summed E-state index contributed by atoms with van der Waals surface area (Å²) < 4.78 is 26.8. The third-order valence-corrected chi connectivity index (χ3v) is 8.64. The fourth-order valence-electron chi connectivity index (χ4n) is 5.30. The summed E-state index contributed by atoms with van der Waals surface area (Å²) in [5.41, 5.74) is 3.09. The fourth-order valence-corrected chi connectivity index (χ4v) is 6.24. The van der Waals surface area contributed by atoms with Crippen molar-refractivity contribution in [2.75, 3.05) is 18.0 Å². The molecular formula is C31H30F2N6OS. The number of amides is 1. The highest BCUT2D eigenvalue weighted by molar-refractivity contribution is 7.15. The van der Waals surface area contributed by atoms with E-state index in [0.29, 0.717) is 29.9 Å². The molecule has 0 radical (unpaired) electrons. The molecular weight excluding hydrogens is 542 g/mol. The maximum Gasteiger partial charge on any atom is 0.251 e. The summed E-state index contributed by atoms with van der Waals surface area (Å²) in [5.74, 6) is -0.640. The molecule has 2 aliphatic heterocycles. The number of nitrogens with one attached hydrogen (secondary N) is 2. The van der Waals surface area contributed by atoms with Crippen LogP contribution in [-0.4, -0.2) is 35.2 Å². The van der Waals surface area contributed by atoms with Gasteiger partial charge in [0.2, 0.25) is 0 Å². The molecule has 0 aliphatic carbocycles. The van der Waals surface area contributed by atoms with E-state index in [1.54, 1.807) is 17.7 Å². The minimum atomic E-state index is -0.937. The minimum Gasteiger partial charge on any atom is -0.365 e. The molecule has 2 aromatic carbocycles. The summed E-state index contributed by atoms with van der Waals surface area (Å²) in [6.07, 6.45) is 6.47. The highest BCUT2D eigenvalue weighted by atomic mass is 32.1. The highest BCUT2D eigenvalue weighted by Crippen LogP contribution is 2.34. The van der Waals surface area contributed by atoms with Crippen molar-refractivity contribution in [3.8, 4) is 10.4 Å². The molecule has 4 heterocycles. The monoisotopic (exact) mass is 572 g/mol. The Labute approximate surface area is 241 Å². The van der Waals surface area contributed by atoms with Crippen LogP contribution in [0.5, 0.6) is 0 Å². The van der Waals surface area contributed by atoms with E-state index >= 15 is 0 Å². The van der Waals surface area contributed by atoms with Crippen molar-refractivity contribution in [1.82, 2.24) is 20.6 Å². The number of rotatable bonds is 8. The van der Waals surface area contributed by atoms with Gasteiger partial charge in [-0.3, -0.25) is 4.79 Å². The van der Waals surface area contributed by atoms with Crippen molar-refractivity contribution in [1.29, 1.82) is 0 Å². The smallest absolute Gasteiger partial charge is 0.251 e. The van der Waals surface area contributed by atoms with Crippen LogP contribution in [-0.2, 0) is 17.9 Å². The van der Waals surface area contributed by atoms with Gasteiger partial charge in [-0.05, 0) is 72.7 Å². The summed E-state index contributed by atoms with van der Waals surface area (Å²) >= 11 is 1.68. The molecule has 1 unspecified atom stereocenters. The molecule has 0 spiro atoms. The van der Waals surface area contributed by atoms with Gasteiger partial charge >= 0.3 is 0 Å². The third-order valence-electron chi connectivity index (χ3n) is 7.51. The van der Waals surface area contributed by atoms with Gasteiger partial charge in [-0.25, -0.2) is 23.7 Å². The molecule has 4 aromatic rings. The number of halogens is 2. The zero-order chi connectivity index (χ0) is 28.3. The standard InChI is InChI=1S/C31H30F2N6OS/c1-19-10-11-34-29(28(19)31(40)36-16-20-4-7-24(32)25(33)14-20)35-17-22-6-9-27(41-22)21-5-8-26-23(15-21)30(38-18-37-26)39-12-2-3-13-39/h4-9,11,14-15,18-19,35H,2-3,10,12-13,16-17H2,1H3,(H,36,40). The number of fused-ring (bicyclic) bond motifs is 1. The van der Waals surface area contributed by atoms with E-state index in [1.165, 1.54) is 18.9 Å². The van der Waals surface area contributed by atoms with Gasteiger partial charge in [0.25, 0.3) is 5.91 Å². The number of carbonyl (C=O) groups excluding carboxylic acids is 1. The molecule has 210 valence electrons. The van der Waals surface area contributed by atoms with Crippen LogP contribution in [0, 0.1) is 17.6 Å². The molecule has 6 rings (SSSR count). The van der Waals surface area contributed by atoms with Crippen LogP contribution in [0.4, 0.5) is 14.6 Å². The summed E-state index contributed by atoms with van der Waals surface area (Å²) in [5, 5.41) is 7.24. The molecule has 1 fully saturated rings. The van der Waals surface area contributed by atoms with Crippen LogP contribution in [0.2, 0.25) is 0 Å². The Morgan fingerprint density at radius 2 is 1.88 bits per heavy atom. The fraction of sp³-hybridized carbons (Fsp3) is 0.290. The lowest BCUT2D eigenvalue weighted by atomic mass is 9.95. The highest BCUT2D eigenvalue weighted by Gasteiger charge is 2.24. The number of benzene rings is 2. The molecule has 0 saturated carbocycles. The van der Waals surface area contributed by atoms with Crippen molar-refractivity contribution in [2.45, 2.75) is 39.3 Å². The van der Waals surface area contributed by atoms with Crippen LogP contribution in [0.25, 0.3) is 21.3 Å². The topological polar surface area (TPSA) is 82.5 Å². The summed E-state index contributed by atoms with van der Waals surface area (Å²) in [4.78, 5) is 31.2. The van der Waals surface area contributed by atoms with Crippen LogP contribution in [0.1, 0.15) is 36.6 Å². The van der Waals surface area contributed by atoms with Gasteiger partial charge in [-0.2, -0.15) is 0 Å². The number of aromatic nitrogens is 2. The van der Waals surface area contributed by atoms with Crippen molar-refractivity contribution in [2.24, 2.45) is 10.9 Å². The van der Waals surface area contributed by atoms with Gasteiger partial charge in [0.15, 0.2) is 11.6 Å². The third kappa shape index (κ3) is 5.83. The largest absolute Gasteiger partial charge is 0.365 e. The van der Waals surface area contributed by atoms with Crippen molar-refractivity contribution in [3.05, 3.63) is 88.3 Å². The average Bonchev–Trinajstić information content (AvgIpc) is 3.69. The lowest BCUT2D eigenvalue weighted by Crippen LogP contribution is -2.32. The van der Waals surface area contributed by atoms with Crippen molar-refractivity contribution in [3.63, 3.8) is 0 Å². The molecule has 2 N–H and O–H groups in total. The predicted molar refractivity (Wildman–Crippen MR) is 159 cm³/mol. The van der Waals surface area contributed by atoms with E-state index in [9.17, 15) is 13.6 Å². The second-order valence-electron chi connectivity index (χ2n) is 10.4. The van der Waals surface area contributed by atoms with E-state index in [1.807, 2.05) is 13.1 Å². The molecule has 41 heavy (non-hydrogen) atoms. The number of aliphatic imine (C=N–C) groups is 1. The Balaban J connectivity index is 1.17. The summed E-state index contributed by atoms with van der Waals surface area (Å²) in [6.45, 7) is 4.62. The number of thiophene rings is 1. The maximum atomic E-state index is 13.6. The second kappa shape index (κ2) is 11.7. The Morgan fingerprint density at radius 3 is 2.71 bits per heavy atom.